The number of nitrogens with two attached hydrogens (primary N) is 1. The third kappa shape index (κ3) is 1.95. The average Bonchev–Trinajstić information content (AvgIpc) is 2.29. The molecule has 2 unspecified atom stereocenters. The predicted molar refractivity (Wildman–Crippen MR) is 61.4 cm³/mol. The molecule has 0 aliphatic heterocycles. The third-order valence-electron chi connectivity index (χ3n) is 3.39. The van der Waals surface area contributed by atoms with Crippen LogP contribution < -0.4 is 17.0 Å². The molecule has 0 radical (unpaired) electrons. The van der Waals surface area contributed by atoms with Gasteiger partial charge in [-0.25, -0.2) is 4.79 Å². The minimum Gasteiger partial charge on any atom is -0.330 e. The molecule has 1 aromatic rings. The van der Waals surface area contributed by atoms with Crippen LogP contribution in [-0.2, 0) is 0 Å². The summed E-state index contributed by atoms with van der Waals surface area (Å²) < 4.78 is 1.33. The Morgan fingerprint density at radius 3 is 2.81 bits per heavy atom. The molecule has 1 heterocycles. The number of nitrogens with one attached hydrogen (secondary N) is 1. The van der Waals surface area contributed by atoms with Crippen molar-refractivity contribution in [3.05, 3.63) is 33.1 Å². The lowest BCUT2D eigenvalue weighted by atomic mass is 9.84. The van der Waals surface area contributed by atoms with Crippen LogP contribution in [-0.4, -0.2) is 16.1 Å². The van der Waals surface area contributed by atoms with Gasteiger partial charge in [-0.05, 0) is 25.3 Å². The first kappa shape index (κ1) is 11.1. The van der Waals surface area contributed by atoms with E-state index in [9.17, 15) is 9.59 Å². The van der Waals surface area contributed by atoms with E-state index in [4.69, 9.17) is 5.73 Å². The Kier molecular flexibility index (Phi) is 3.24. The number of aromatic nitrogens is 2. The fraction of sp³-hybridized carbons (Fsp3) is 0.636. The first-order chi connectivity index (χ1) is 7.74. The average molecular weight is 223 g/mol. The molecule has 16 heavy (non-hydrogen) atoms. The summed E-state index contributed by atoms with van der Waals surface area (Å²) in [5.74, 6) is 0.245. The molecule has 0 amide bonds. The van der Waals surface area contributed by atoms with Crippen molar-refractivity contribution in [1.29, 1.82) is 0 Å². The molecule has 88 valence electrons. The zero-order valence-electron chi connectivity index (χ0n) is 9.19. The van der Waals surface area contributed by atoms with Gasteiger partial charge in [-0.15, -0.1) is 0 Å². The van der Waals surface area contributed by atoms with Gasteiger partial charge in [-0.2, -0.15) is 0 Å². The number of rotatable bonds is 2. The monoisotopic (exact) mass is 223 g/mol. The van der Waals surface area contributed by atoms with Crippen molar-refractivity contribution in [2.75, 3.05) is 6.54 Å². The van der Waals surface area contributed by atoms with E-state index >= 15 is 0 Å². The Labute approximate surface area is 93.3 Å². The molecule has 1 saturated carbocycles. The number of H-pyrrole nitrogens is 1. The number of hydrogen-bond acceptors (Lipinski definition) is 3. The molecule has 5 nitrogen and oxygen atoms in total. The first-order valence-corrected chi connectivity index (χ1v) is 5.74. The SMILES string of the molecule is NCC1CCCCC1n1c(=O)cc[nH]c1=O. The molecule has 1 aromatic heterocycles. The van der Waals surface area contributed by atoms with Crippen LogP contribution in [0.1, 0.15) is 31.7 Å². The van der Waals surface area contributed by atoms with Gasteiger partial charge in [-0.3, -0.25) is 9.36 Å². The van der Waals surface area contributed by atoms with Crippen LogP contribution in [0.4, 0.5) is 0 Å². The predicted octanol–water partition coefficient (Wildman–Crippen LogP) is 0.227. The highest BCUT2D eigenvalue weighted by atomic mass is 16.2. The fourth-order valence-corrected chi connectivity index (χ4v) is 2.55. The van der Waals surface area contributed by atoms with Crippen LogP contribution in [0.5, 0.6) is 0 Å². The summed E-state index contributed by atoms with van der Waals surface area (Å²) in [6, 6.07) is 1.36. The topological polar surface area (TPSA) is 80.9 Å². The lowest BCUT2D eigenvalue weighted by molar-refractivity contribution is 0.234. The molecular weight excluding hydrogens is 206 g/mol. The highest BCUT2D eigenvalue weighted by Crippen LogP contribution is 2.31. The van der Waals surface area contributed by atoms with E-state index in [-0.39, 0.29) is 23.2 Å². The van der Waals surface area contributed by atoms with Crippen molar-refractivity contribution < 1.29 is 0 Å². The molecule has 0 saturated heterocycles. The lowest BCUT2D eigenvalue weighted by Crippen LogP contribution is -2.42. The van der Waals surface area contributed by atoms with Crippen LogP contribution in [0.2, 0.25) is 0 Å². The summed E-state index contributed by atoms with van der Waals surface area (Å²) in [6.07, 6.45) is 5.46. The van der Waals surface area contributed by atoms with Crippen molar-refractivity contribution in [3.8, 4) is 0 Å². The van der Waals surface area contributed by atoms with Gasteiger partial charge in [0.1, 0.15) is 0 Å². The number of nitrogens with zero attached hydrogens (tertiary/aromatic N) is 1. The summed E-state index contributed by atoms with van der Waals surface area (Å²) in [7, 11) is 0. The minimum absolute atomic E-state index is 0.0313. The Morgan fingerprint density at radius 2 is 2.12 bits per heavy atom. The van der Waals surface area contributed by atoms with Crippen molar-refractivity contribution in [2.24, 2.45) is 11.7 Å². The van der Waals surface area contributed by atoms with Crippen molar-refractivity contribution in [3.63, 3.8) is 0 Å². The van der Waals surface area contributed by atoms with E-state index in [0.29, 0.717) is 6.54 Å². The molecule has 2 atom stereocenters. The van der Waals surface area contributed by atoms with Gasteiger partial charge in [-0.1, -0.05) is 12.8 Å². The largest absolute Gasteiger partial charge is 0.330 e. The Bertz CT molecular complexity index is 435. The molecule has 0 aromatic carbocycles. The van der Waals surface area contributed by atoms with Crippen LogP contribution in [0, 0.1) is 5.92 Å². The van der Waals surface area contributed by atoms with E-state index in [1.165, 1.54) is 16.8 Å². The Hall–Kier alpha value is -1.36. The number of hydrogen-bond donors (Lipinski definition) is 2. The summed E-state index contributed by atoms with van der Waals surface area (Å²) in [5, 5.41) is 0. The van der Waals surface area contributed by atoms with Crippen molar-refractivity contribution >= 4 is 0 Å². The molecule has 3 N–H and O–H groups in total. The van der Waals surface area contributed by atoms with Crippen LogP contribution in [0.3, 0.4) is 0 Å². The normalized spacial score (nSPS) is 25.6. The fourth-order valence-electron chi connectivity index (χ4n) is 2.55. The van der Waals surface area contributed by atoms with E-state index in [2.05, 4.69) is 4.98 Å². The summed E-state index contributed by atoms with van der Waals surface area (Å²) in [6.45, 7) is 0.533. The summed E-state index contributed by atoms with van der Waals surface area (Å²) in [4.78, 5) is 25.9. The lowest BCUT2D eigenvalue weighted by Gasteiger charge is -2.31. The van der Waals surface area contributed by atoms with Gasteiger partial charge < -0.3 is 10.7 Å². The molecule has 5 heteroatoms. The van der Waals surface area contributed by atoms with Gasteiger partial charge in [0.05, 0.1) is 0 Å². The second kappa shape index (κ2) is 4.65. The molecule has 0 bridgehead atoms. The van der Waals surface area contributed by atoms with E-state index in [1.54, 1.807) is 0 Å². The highest BCUT2D eigenvalue weighted by molar-refractivity contribution is 4.90. The third-order valence-corrected chi connectivity index (χ3v) is 3.39. The van der Waals surface area contributed by atoms with E-state index < -0.39 is 0 Å². The van der Waals surface area contributed by atoms with Gasteiger partial charge in [0, 0.05) is 18.3 Å². The molecule has 0 spiro atoms. The second-order valence-electron chi connectivity index (χ2n) is 4.34. The Balaban J connectivity index is 2.42. The quantitative estimate of drug-likeness (QED) is 0.753. The first-order valence-electron chi connectivity index (χ1n) is 5.74. The zero-order valence-corrected chi connectivity index (χ0v) is 9.19. The zero-order chi connectivity index (χ0) is 11.5. The standard InChI is InChI=1S/C11H17N3O2/c12-7-8-3-1-2-4-9(8)14-10(15)5-6-13-11(14)16/h5-6,8-9H,1-4,7,12H2,(H,13,16). The van der Waals surface area contributed by atoms with Crippen LogP contribution >= 0.6 is 0 Å². The van der Waals surface area contributed by atoms with Gasteiger partial charge in [0.25, 0.3) is 5.56 Å². The molecular formula is C11H17N3O2. The molecule has 1 aliphatic carbocycles. The van der Waals surface area contributed by atoms with E-state index in [1.807, 2.05) is 0 Å². The maximum atomic E-state index is 11.7. The maximum Gasteiger partial charge on any atom is 0.328 e. The van der Waals surface area contributed by atoms with Crippen LogP contribution in [0.25, 0.3) is 0 Å². The maximum absolute atomic E-state index is 11.7. The molecule has 2 rings (SSSR count). The van der Waals surface area contributed by atoms with Gasteiger partial charge in [0.2, 0.25) is 0 Å². The van der Waals surface area contributed by atoms with E-state index in [0.717, 1.165) is 25.7 Å². The summed E-state index contributed by atoms with van der Waals surface area (Å²) >= 11 is 0. The minimum atomic E-state index is -0.321. The second-order valence-corrected chi connectivity index (χ2v) is 4.34. The number of aromatic amines is 1. The highest BCUT2D eigenvalue weighted by Gasteiger charge is 2.27. The van der Waals surface area contributed by atoms with Crippen molar-refractivity contribution in [1.82, 2.24) is 9.55 Å². The molecule has 1 aliphatic rings. The van der Waals surface area contributed by atoms with Crippen molar-refractivity contribution in [2.45, 2.75) is 31.7 Å². The van der Waals surface area contributed by atoms with Crippen LogP contribution in [0.15, 0.2) is 21.9 Å². The molecule has 1 fully saturated rings. The summed E-state index contributed by atoms with van der Waals surface area (Å²) in [5.41, 5.74) is 5.15. The smallest absolute Gasteiger partial charge is 0.328 e. The van der Waals surface area contributed by atoms with Gasteiger partial charge >= 0.3 is 5.69 Å². The van der Waals surface area contributed by atoms with Gasteiger partial charge in [0.15, 0.2) is 0 Å². The Morgan fingerprint density at radius 1 is 1.38 bits per heavy atom.